The van der Waals surface area contributed by atoms with Crippen molar-refractivity contribution in [3.63, 3.8) is 0 Å². The summed E-state index contributed by atoms with van der Waals surface area (Å²) in [6, 6.07) is 0.520. The lowest BCUT2D eigenvalue weighted by atomic mass is 9.80. The summed E-state index contributed by atoms with van der Waals surface area (Å²) in [7, 11) is 0. The number of hydrogen-bond donors (Lipinski definition) is 2. The highest BCUT2D eigenvalue weighted by Crippen LogP contribution is 2.34. The van der Waals surface area contributed by atoms with E-state index in [2.05, 4.69) is 4.90 Å². The van der Waals surface area contributed by atoms with Crippen LogP contribution in [-0.4, -0.2) is 46.5 Å². The van der Waals surface area contributed by atoms with Crippen molar-refractivity contribution >= 4 is 0 Å². The van der Waals surface area contributed by atoms with Gasteiger partial charge in [-0.15, -0.1) is 0 Å². The summed E-state index contributed by atoms with van der Waals surface area (Å²) in [4.78, 5) is 2.42. The summed E-state index contributed by atoms with van der Waals surface area (Å²) in [5.41, 5.74) is 0. The molecule has 0 amide bonds. The van der Waals surface area contributed by atoms with Crippen LogP contribution in [0.4, 0.5) is 0 Å². The lowest BCUT2D eigenvalue weighted by Gasteiger charge is -2.37. The Labute approximate surface area is 105 Å². The minimum atomic E-state index is -0.198. The van der Waals surface area contributed by atoms with Crippen LogP contribution in [-0.2, 0) is 0 Å². The average Bonchev–Trinajstić information content (AvgIpc) is 2.77. The SMILES string of the molecule is CCC(O)CN1CCCC1C1CCCCC1O. The maximum absolute atomic E-state index is 10.1. The summed E-state index contributed by atoms with van der Waals surface area (Å²) < 4.78 is 0. The number of aliphatic hydroxyl groups excluding tert-OH is 2. The van der Waals surface area contributed by atoms with Gasteiger partial charge in [0.2, 0.25) is 0 Å². The van der Waals surface area contributed by atoms with Gasteiger partial charge in [-0.2, -0.15) is 0 Å². The molecule has 3 heteroatoms. The van der Waals surface area contributed by atoms with Crippen LogP contribution in [0.5, 0.6) is 0 Å². The molecule has 0 aromatic rings. The van der Waals surface area contributed by atoms with Crippen molar-refractivity contribution in [2.24, 2.45) is 5.92 Å². The summed E-state index contributed by atoms with van der Waals surface area (Å²) in [5, 5.41) is 19.9. The van der Waals surface area contributed by atoms with Gasteiger partial charge in [0.25, 0.3) is 0 Å². The molecule has 1 heterocycles. The molecule has 0 aromatic carbocycles. The molecule has 2 rings (SSSR count). The van der Waals surface area contributed by atoms with Crippen molar-refractivity contribution in [2.75, 3.05) is 13.1 Å². The van der Waals surface area contributed by atoms with Crippen molar-refractivity contribution in [2.45, 2.75) is 70.1 Å². The van der Waals surface area contributed by atoms with E-state index in [4.69, 9.17) is 0 Å². The molecule has 0 bridgehead atoms. The minimum absolute atomic E-state index is 0.104. The Morgan fingerprint density at radius 1 is 1.18 bits per heavy atom. The quantitative estimate of drug-likeness (QED) is 0.788. The number of likely N-dealkylation sites (tertiary alicyclic amines) is 1. The summed E-state index contributed by atoms with van der Waals surface area (Å²) in [5.74, 6) is 0.454. The van der Waals surface area contributed by atoms with E-state index in [-0.39, 0.29) is 12.2 Å². The molecule has 1 saturated heterocycles. The van der Waals surface area contributed by atoms with Crippen LogP contribution in [0.15, 0.2) is 0 Å². The first-order chi connectivity index (χ1) is 8.22. The van der Waals surface area contributed by atoms with Crippen molar-refractivity contribution in [3.8, 4) is 0 Å². The Bertz CT molecular complexity index is 234. The van der Waals surface area contributed by atoms with Crippen LogP contribution in [0, 0.1) is 5.92 Å². The van der Waals surface area contributed by atoms with Crippen LogP contribution < -0.4 is 0 Å². The molecule has 17 heavy (non-hydrogen) atoms. The first-order valence-corrected chi connectivity index (χ1v) is 7.32. The van der Waals surface area contributed by atoms with Gasteiger partial charge >= 0.3 is 0 Å². The summed E-state index contributed by atoms with van der Waals surface area (Å²) in [6.07, 6.45) is 7.56. The molecule has 1 aliphatic heterocycles. The Kier molecular flexibility index (Phi) is 4.83. The smallest absolute Gasteiger partial charge is 0.0664 e. The van der Waals surface area contributed by atoms with Gasteiger partial charge in [-0.3, -0.25) is 4.90 Å². The number of nitrogens with zero attached hydrogens (tertiary/aromatic N) is 1. The van der Waals surface area contributed by atoms with Crippen LogP contribution in [0.2, 0.25) is 0 Å². The Balaban J connectivity index is 1.93. The van der Waals surface area contributed by atoms with Crippen molar-refractivity contribution in [1.82, 2.24) is 4.90 Å². The first-order valence-electron chi connectivity index (χ1n) is 7.32. The second-order valence-corrected chi connectivity index (χ2v) is 5.78. The number of β-amino-alcohol motifs (C(OH)–C–C–N with tert-alkyl or cyclic N) is 1. The molecule has 1 saturated carbocycles. The van der Waals surface area contributed by atoms with Gasteiger partial charge in [-0.25, -0.2) is 0 Å². The highest BCUT2D eigenvalue weighted by atomic mass is 16.3. The van der Waals surface area contributed by atoms with Gasteiger partial charge in [0.15, 0.2) is 0 Å². The number of rotatable bonds is 4. The Morgan fingerprint density at radius 3 is 2.65 bits per heavy atom. The van der Waals surface area contributed by atoms with E-state index in [1.54, 1.807) is 0 Å². The third-order valence-corrected chi connectivity index (χ3v) is 4.61. The third-order valence-electron chi connectivity index (χ3n) is 4.61. The van der Waals surface area contributed by atoms with Gasteiger partial charge in [-0.05, 0) is 38.6 Å². The largest absolute Gasteiger partial charge is 0.393 e. The lowest BCUT2D eigenvalue weighted by Crippen LogP contribution is -2.45. The third kappa shape index (κ3) is 3.21. The van der Waals surface area contributed by atoms with Crippen LogP contribution in [0.1, 0.15) is 51.9 Å². The number of aliphatic hydroxyl groups is 2. The standard InChI is InChI=1S/C14H27NO2/c1-2-11(16)10-15-9-5-7-13(15)12-6-3-4-8-14(12)17/h11-14,16-17H,2-10H2,1H3. The predicted molar refractivity (Wildman–Crippen MR) is 68.9 cm³/mol. The molecule has 0 radical (unpaired) electrons. The van der Waals surface area contributed by atoms with Gasteiger partial charge in [0.05, 0.1) is 12.2 Å². The topological polar surface area (TPSA) is 43.7 Å². The highest BCUT2D eigenvalue weighted by molar-refractivity contribution is 4.90. The van der Waals surface area contributed by atoms with Crippen molar-refractivity contribution < 1.29 is 10.2 Å². The van der Waals surface area contributed by atoms with E-state index in [9.17, 15) is 10.2 Å². The summed E-state index contributed by atoms with van der Waals surface area (Å²) >= 11 is 0. The Morgan fingerprint density at radius 2 is 1.94 bits per heavy atom. The van der Waals surface area contributed by atoms with Crippen LogP contribution in [0.3, 0.4) is 0 Å². The van der Waals surface area contributed by atoms with E-state index in [0.717, 1.165) is 25.9 Å². The number of hydrogen-bond acceptors (Lipinski definition) is 3. The molecule has 2 fully saturated rings. The van der Waals surface area contributed by atoms with Crippen LogP contribution in [0.25, 0.3) is 0 Å². The fraction of sp³-hybridized carbons (Fsp3) is 1.00. The maximum Gasteiger partial charge on any atom is 0.0664 e. The van der Waals surface area contributed by atoms with E-state index in [1.165, 1.54) is 32.1 Å². The maximum atomic E-state index is 10.1. The minimum Gasteiger partial charge on any atom is -0.393 e. The first kappa shape index (κ1) is 13.3. The van der Waals surface area contributed by atoms with Crippen LogP contribution >= 0.6 is 0 Å². The zero-order valence-electron chi connectivity index (χ0n) is 11.0. The summed E-state index contributed by atoms with van der Waals surface area (Å²) in [6.45, 7) is 3.93. The lowest BCUT2D eigenvalue weighted by molar-refractivity contribution is 0.00888. The Hall–Kier alpha value is -0.120. The van der Waals surface area contributed by atoms with E-state index in [0.29, 0.717) is 12.0 Å². The predicted octanol–water partition coefficient (Wildman–Crippen LogP) is 1.77. The van der Waals surface area contributed by atoms with E-state index in [1.807, 2.05) is 6.92 Å². The molecule has 0 aromatic heterocycles. The zero-order valence-corrected chi connectivity index (χ0v) is 11.0. The van der Waals surface area contributed by atoms with Gasteiger partial charge < -0.3 is 10.2 Å². The van der Waals surface area contributed by atoms with E-state index >= 15 is 0 Å². The molecule has 1 aliphatic carbocycles. The molecule has 2 aliphatic rings. The van der Waals surface area contributed by atoms with Gasteiger partial charge in [-0.1, -0.05) is 19.8 Å². The molecule has 100 valence electrons. The van der Waals surface area contributed by atoms with Gasteiger partial charge in [0.1, 0.15) is 0 Å². The molecule has 4 atom stereocenters. The van der Waals surface area contributed by atoms with Crippen molar-refractivity contribution in [1.29, 1.82) is 0 Å². The monoisotopic (exact) mass is 241 g/mol. The molecule has 0 spiro atoms. The second kappa shape index (κ2) is 6.17. The zero-order chi connectivity index (χ0) is 12.3. The fourth-order valence-electron chi connectivity index (χ4n) is 3.55. The molecular formula is C14H27NO2. The van der Waals surface area contributed by atoms with Gasteiger partial charge in [0, 0.05) is 18.5 Å². The average molecular weight is 241 g/mol. The normalized spacial score (nSPS) is 37.2. The highest BCUT2D eigenvalue weighted by Gasteiger charge is 2.37. The second-order valence-electron chi connectivity index (χ2n) is 5.78. The molecular weight excluding hydrogens is 214 g/mol. The molecule has 4 unspecified atom stereocenters. The molecule has 2 N–H and O–H groups in total. The fourth-order valence-corrected chi connectivity index (χ4v) is 3.55. The van der Waals surface area contributed by atoms with E-state index < -0.39 is 0 Å². The van der Waals surface area contributed by atoms with Crippen molar-refractivity contribution in [3.05, 3.63) is 0 Å². The molecule has 3 nitrogen and oxygen atoms in total.